The minimum absolute atomic E-state index is 0.0512. The monoisotopic (exact) mass is 337 g/mol. The Morgan fingerprint density at radius 2 is 1.78 bits per heavy atom. The number of aromatic nitrogens is 2. The largest absolute Gasteiger partial charge is 0.328 e. The van der Waals surface area contributed by atoms with Crippen LogP contribution in [0.25, 0.3) is 11.0 Å². The van der Waals surface area contributed by atoms with Gasteiger partial charge in [-0.1, -0.05) is 13.8 Å². The van der Waals surface area contributed by atoms with Crippen molar-refractivity contribution in [3.8, 4) is 0 Å². The van der Waals surface area contributed by atoms with Gasteiger partial charge in [0, 0.05) is 26.7 Å². The van der Waals surface area contributed by atoms with Crippen LogP contribution in [-0.2, 0) is 24.1 Å². The summed E-state index contributed by atoms with van der Waals surface area (Å²) in [7, 11) is -0.187. The molecule has 3 rings (SSSR count). The maximum atomic E-state index is 13.0. The molecule has 1 aliphatic heterocycles. The summed E-state index contributed by atoms with van der Waals surface area (Å²) in [6, 6.07) is 4.98. The van der Waals surface area contributed by atoms with Gasteiger partial charge >= 0.3 is 5.69 Å². The molecule has 2 aromatic rings. The third kappa shape index (κ3) is 2.42. The van der Waals surface area contributed by atoms with Crippen LogP contribution in [-0.4, -0.2) is 34.4 Å². The second-order valence-corrected chi connectivity index (χ2v) is 8.51. The van der Waals surface area contributed by atoms with Crippen molar-refractivity contribution in [1.29, 1.82) is 0 Å². The van der Waals surface area contributed by atoms with Crippen LogP contribution < -0.4 is 5.69 Å². The number of benzene rings is 1. The van der Waals surface area contributed by atoms with Gasteiger partial charge in [-0.15, -0.1) is 0 Å². The number of nitrogens with zero attached hydrogens (tertiary/aromatic N) is 3. The highest BCUT2D eigenvalue weighted by atomic mass is 32.2. The molecule has 1 fully saturated rings. The molecule has 2 heterocycles. The topological polar surface area (TPSA) is 64.3 Å². The molecule has 23 heavy (non-hydrogen) atoms. The van der Waals surface area contributed by atoms with E-state index in [1.54, 1.807) is 36.6 Å². The number of aryl methyl sites for hydroxylation is 2. The lowest BCUT2D eigenvalue weighted by atomic mass is 10.0. The van der Waals surface area contributed by atoms with Crippen LogP contribution in [0, 0.1) is 5.92 Å². The second-order valence-electron chi connectivity index (χ2n) is 6.62. The summed E-state index contributed by atoms with van der Waals surface area (Å²) in [5, 5.41) is 0. The van der Waals surface area contributed by atoms with E-state index in [4.69, 9.17) is 0 Å². The summed E-state index contributed by atoms with van der Waals surface area (Å²) in [5.74, 6) is 0.289. The number of imidazole rings is 1. The van der Waals surface area contributed by atoms with E-state index in [9.17, 15) is 13.2 Å². The van der Waals surface area contributed by atoms with Crippen molar-refractivity contribution in [2.24, 2.45) is 20.0 Å². The van der Waals surface area contributed by atoms with E-state index in [0.717, 1.165) is 18.4 Å². The van der Waals surface area contributed by atoms with Crippen molar-refractivity contribution >= 4 is 21.1 Å². The Kier molecular flexibility index (Phi) is 3.88. The molecule has 6 nitrogen and oxygen atoms in total. The zero-order valence-corrected chi connectivity index (χ0v) is 14.8. The standard InChI is InChI=1S/C16H23N3O3S/c1-11(2)13-6-5-9-19(13)23(21,22)12-7-8-14-15(10-12)18(4)16(20)17(14)3/h7-8,10-11,13H,5-6,9H2,1-4H3. The van der Waals surface area contributed by atoms with Crippen molar-refractivity contribution in [1.82, 2.24) is 13.4 Å². The Hall–Kier alpha value is -1.60. The maximum absolute atomic E-state index is 13.0. The van der Waals surface area contributed by atoms with Crippen LogP contribution in [0.3, 0.4) is 0 Å². The zero-order chi connectivity index (χ0) is 16.9. The van der Waals surface area contributed by atoms with Gasteiger partial charge in [-0.3, -0.25) is 9.13 Å². The number of hydrogen-bond acceptors (Lipinski definition) is 3. The summed E-state index contributed by atoms with van der Waals surface area (Å²) in [4.78, 5) is 12.3. The fourth-order valence-electron chi connectivity index (χ4n) is 3.51. The Labute approximate surface area is 136 Å². The quantitative estimate of drug-likeness (QED) is 0.856. The molecule has 0 bridgehead atoms. The molecule has 0 amide bonds. The summed E-state index contributed by atoms with van der Waals surface area (Å²) in [6.07, 6.45) is 1.80. The average molecular weight is 337 g/mol. The Morgan fingerprint density at radius 3 is 2.43 bits per heavy atom. The van der Waals surface area contributed by atoms with Crippen LogP contribution in [0.4, 0.5) is 0 Å². The summed E-state index contributed by atoms with van der Waals surface area (Å²) < 4.78 is 30.7. The molecule has 1 aliphatic rings. The van der Waals surface area contributed by atoms with Gasteiger partial charge in [-0.2, -0.15) is 4.31 Å². The fraction of sp³-hybridized carbons (Fsp3) is 0.562. The van der Waals surface area contributed by atoms with E-state index in [0.29, 0.717) is 12.1 Å². The summed E-state index contributed by atoms with van der Waals surface area (Å²) in [5.41, 5.74) is 1.22. The molecule has 0 saturated carbocycles. The van der Waals surface area contributed by atoms with Crippen LogP contribution in [0.1, 0.15) is 26.7 Å². The summed E-state index contributed by atoms with van der Waals surface area (Å²) >= 11 is 0. The highest BCUT2D eigenvalue weighted by Gasteiger charge is 2.36. The molecule has 0 N–H and O–H groups in total. The molecule has 0 aliphatic carbocycles. The number of fused-ring (bicyclic) bond motifs is 1. The lowest BCUT2D eigenvalue weighted by Gasteiger charge is -2.26. The van der Waals surface area contributed by atoms with Crippen molar-refractivity contribution in [3.05, 3.63) is 28.7 Å². The molecule has 0 radical (unpaired) electrons. The van der Waals surface area contributed by atoms with Gasteiger partial charge in [0.2, 0.25) is 10.0 Å². The number of sulfonamides is 1. The van der Waals surface area contributed by atoms with Crippen molar-refractivity contribution in [2.45, 2.75) is 37.6 Å². The average Bonchev–Trinajstić information content (AvgIpc) is 3.09. The normalized spacial score (nSPS) is 20.0. The van der Waals surface area contributed by atoms with Crippen LogP contribution in [0.2, 0.25) is 0 Å². The SMILES string of the molecule is CC(C)C1CCCN1S(=O)(=O)c1ccc2c(c1)n(C)c(=O)n2C. The molecular formula is C16H23N3O3S. The predicted octanol–water partition coefficient (Wildman–Crippen LogP) is 1.69. The first-order valence-electron chi connectivity index (χ1n) is 7.92. The predicted molar refractivity (Wildman–Crippen MR) is 89.9 cm³/mol. The summed E-state index contributed by atoms with van der Waals surface area (Å²) in [6.45, 7) is 4.68. The Balaban J connectivity index is 2.12. The molecule has 1 aromatic carbocycles. The zero-order valence-electron chi connectivity index (χ0n) is 14.0. The molecule has 1 saturated heterocycles. The fourth-order valence-corrected chi connectivity index (χ4v) is 5.36. The lowest BCUT2D eigenvalue weighted by molar-refractivity contribution is 0.316. The third-order valence-corrected chi connectivity index (χ3v) is 6.79. The molecule has 7 heteroatoms. The van der Waals surface area contributed by atoms with Gasteiger partial charge in [0.15, 0.2) is 0 Å². The van der Waals surface area contributed by atoms with Crippen molar-refractivity contribution in [2.75, 3.05) is 6.54 Å². The van der Waals surface area contributed by atoms with E-state index in [1.165, 1.54) is 9.13 Å². The first kappa shape index (κ1) is 16.3. The third-order valence-electron chi connectivity index (χ3n) is 4.87. The van der Waals surface area contributed by atoms with Gasteiger partial charge in [0.25, 0.3) is 0 Å². The molecule has 1 atom stereocenters. The molecule has 1 aromatic heterocycles. The number of rotatable bonds is 3. The van der Waals surface area contributed by atoms with Crippen LogP contribution in [0.5, 0.6) is 0 Å². The van der Waals surface area contributed by atoms with Crippen LogP contribution in [0.15, 0.2) is 27.9 Å². The maximum Gasteiger partial charge on any atom is 0.328 e. The molecule has 126 valence electrons. The van der Waals surface area contributed by atoms with E-state index >= 15 is 0 Å². The molecular weight excluding hydrogens is 314 g/mol. The van der Waals surface area contributed by atoms with Crippen molar-refractivity contribution in [3.63, 3.8) is 0 Å². The minimum Gasteiger partial charge on any atom is -0.295 e. The highest BCUT2D eigenvalue weighted by molar-refractivity contribution is 7.89. The van der Waals surface area contributed by atoms with E-state index in [2.05, 4.69) is 13.8 Å². The second kappa shape index (κ2) is 5.49. The lowest BCUT2D eigenvalue weighted by Crippen LogP contribution is -2.38. The Bertz CT molecular complexity index is 909. The number of hydrogen-bond donors (Lipinski definition) is 0. The first-order valence-corrected chi connectivity index (χ1v) is 9.36. The van der Waals surface area contributed by atoms with Gasteiger partial charge in [-0.25, -0.2) is 13.2 Å². The van der Waals surface area contributed by atoms with Gasteiger partial charge in [-0.05, 0) is 37.0 Å². The van der Waals surface area contributed by atoms with Gasteiger partial charge in [0.1, 0.15) is 0 Å². The highest BCUT2D eigenvalue weighted by Crippen LogP contribution is 2.31. The minimum atomic E-state index is -3.54. The Morgan fingerprint density at radius 1 is 1.13 bits per heavy atom. The molecule has 0 spiro atoms. The van der Waals surface area contributed by atoms with Crippen molar-refractivity contribution < 1.29 is 8.42 Å². The van der Waals surface area contributed by atoms with Gasteiger partial charge in [0.05, 0.1) is 15.9 Å². The van der Waals surface area contributed by atoms with Crippen LogP contribution >= 0.6 is 0 Å². The molecule has 1 unspecified atom stereocenters. The van der Waals surface area contributed by atoms with Gasteiger partial charge < -0.3 is 0 Å². The van der Waals surface area contributed by atoms with E-state index in [-0.39, 0.29) is 22.5 Å². The van der Waals surface area contributed by atoms with E-state index in [1.807, 2.05) is 0 Å². The smallest absolute Gasteiger partial charge is 0.295 e. The first-order chi connectivity index (χ1) is 10.7. The van der Waals surface area contributed by atoms with E-state index < -0.39 is 10.0 Å².